The highest BCUT2D eigenvalue weighted by atomic mass is 16.6. The molecule has 14 heavy (non-hydrogen) atoms. The van der Waals surface area contributed by atoms with Crippen molar-refractivity contribution in [1.82, 2.24) is 0 Å². The second-order valence-electron chi connectivity index (χ2n) is 4.14. The first kappa shape index (κ1) is 13.4. The first-order valence-corrected chi connectivity index (χ1v) is 4.93. The van der Waals surface area contributed by atoms with Crippen LogP contribution in [-0.4, -0.2) is 30.8 Å². The van der Waals surface area contributed by atoms with Crippen LogP contribution in [0.15, 0.2) is 0 Å². The minimum absolute atomic E-state index is 0.195. The molecular weight excluding hydrogens is 182 g/mol. The highest BCUT2D eigenvalue weighted by molar-refractivity contribution is 5.75. The van der Waals surface area contributed by atoms with Crippen molar-refractivity contribution in [3.8, 4) is 0 Å². The molecule has 2 N–H and O–H groups in total. The van der Waals surface area contributed by atoms with Gasteiger partial charge in [-0.1, -0.05) is 6.92 Å². The van der Waals surface area contributed by atoms with Crippen LogP contribution < -0.4 is 5.73 Å². The lowest BCUT2D eigenvalue weighted by atomic mass is 10.2. The second-order valence-corrected chi connectivity index (χ2v) is 4.14. The van der Waals surface area contributed by atoms with Gasteiger partial charge in [-0.05, 0) is 27.2 Å². The molecule has 0 aliphatic heterocycles. The molecular formula is C10H21NO3. The maximum absolute atomic E-state index is 11.1. The average molecular weight is 203 g/mol. The number of nitrogens with two attached hydrogens (primary N) is 1. The lowest BCUT2D eigenvalue weighted by molar-refractivity contribution is -0.148. The van der Waals surface area contributed by atoms with E-state index in [1.54, 1.807) is 0 Å². The highest BCUT2D eigenvalue weighted by Crippen LogP contribution is 2.05. The van der Waals surface area contributed by atoms with Gasteiger partial charge in [0.25, 0.3) is 0 Å². The molecule has 0 aromatic carbocycles. The zero-order valence-corrected chi connectivity index (χ0v) is 9.50. The molecule has 1 atom stereocenters. The van der Waals surface area contributed by atoms with E-state index in [2.05, 4.69) is 0 Å². The summed E-state index contributed by atoms with van der Waals surface area (Å²) >= 11 is 0. The number of ether oxygens (including phenoxy) is 2. The third-order valence-electron chi connectivity index (χ3n) is 1.61. The Hall–Kier alpha value is -0.610. The topological polar surface area (TPSA) is 61.6 Å². The third kappa shape index (κ3) is 6.86. The van der Waals surface area contributed by atoms with E-state index in [1.807, 2.05) is 27.7 Å². The molecule has 0 amide bonds. The monoisotopic (exact) mass is 203 g/mol. The van der Waals surface area contributed by atoms with Gasteiger partial charge >= 0.3 is 5.97 Å². The van der Waals surface area contributed by atoms with Crippen molar-refractivity contribution in [3.63, 3.8) is 0 Å². The van der Waals surface area contributed by atoms with Crippen molar-refractivity contribution in [3.05, 3.63) is 0 Å². The molecule has 0 fully saturated rings. The second kappa shape index (κ2) is 5.98. The fourth-order valence-electron chi connectivity index (χ4n) is 0.764. The number of hydrogen-bond donors (Lipinski definition) is 1. The fraction of sp³-hybridized carbons (Fsp3) is 0.900. The maximum atomic E-state index is 11.1. The van der Waals surface area contributed by atoms with Crippen molar-refractivity contribution in [1.29, 1.82) is 0 Å². The van der Waals surface area contributed by atoms with Crippen LogP contribution in [0.25, 0.3) is 0 Å². The van der Waals surface area contributed by atoms with Crippen molar-refractivity contribution < 1.29 is 14.3 Å². The van der Waals surface area contributed by atoms with Crippen LogP contribution >= 0.6 is 0 Å². The molecule has 0 aromatic rings. The van der Waals surface area contributed by atoms with Gasteiger partial charge in [-0.3, -0.25) is 4.79 Å². The lowest BCUT2D eigenvalue weighted by Crippen LogP contribution is -2.32. The van der Waals surface area contributed by atoms with Crippen LogP contribution in [0.5, 0.6) is 0 Å². The first-order chi connectivity index (χ1) is 6.37. The molecule has 0 saturated heterocycles. The summed E-state index contributed by atoms with van der Waals surface area (Å²) in [6.45, 7) is 8.37. The number of carbonyl (C=O) groups excluding carboxylic acids is 1. The van der Waals surface area contributed by atoms with Crippen molar-refractivity contribution in [2.45, 2.75) is 45.8 Å². The summed E-state index contributed by atoms with van der Waals surface area (Å²) in [4.78, 5) is 11.1. The number of rotatable bonds is 5. The van der Waals surface area contributed by atoms with E-state index in [9.17, 15) is 4.79 Å². The highest BCUT2D eigenvalue weighted by Gasteiger charge is 2.13. The minimum Gasteiger partial charge on any atom is -0.462 e. The quantitative estimate of drug-likeness (QED) is 0.536. The van der Waals surface area contributed by atoms with Crippen molar-refractivity contribution in [2.75, 3.05) is 13.2 Å². The molecule has 0 saturated carbocycles. The SMILES string of the molecule is CCC(N)C(=O)OCCOC(C)(C)C. The summed E-state index contributed by atoms with van der Waals surface area (Å²) in [7, 11) is 0. The number of hydrogen-bond acceptors (Lipinski definition) is 4. The Morgan fingerprint density at radius 2 is 1.93 bits per heavy atom. The summed E-state index contributed by atoms with van der Waals surface area (Å²) < 4.78 is 10.3. The van der Waals surface area contributed by atoms with Gasteiger partial charge in [-0.2, -0.15) is 0 Å². The van der Waals surface area contributed by atoms with Crippen LogP contribution in [-0.2, 0) is 14.3 Å². The molecule has 0 aliphatic rings. The van der Waals surface area contributed by atoms with Gasteiger partial charge in [0, 0.05) is 0 Å². The average Bonchev–Trinajstić information content (AvgIpc) is 2.09. The van der Waals surface area contributed by atoms with Gasteiger partial charge in [-0.25, -0.2) is 0 Å². The van der Waals surface area contributed by atoms with Crippen LogP contribution in [0.3, 0.4) is 0 Å². The summed E-state index contributed by atoms with van der Waals surface area (Å²) in [5, 5.41) is 0. The zero-order chi connectivity index (χ0) is 11.2. The normalized spacial score (nSPS) is 13.8. The van der Waals surface area contributed by atoms with E-state index < -0.39 is 6.04 Å². The van der Waals surface area contributed by atoms with Gasteiger partial charge in [0.1, 0.15) is 12.6 Å². The molecule has 1 unspecified atom stereocenters. The van der Waals surface area contributed by atoms with E-state index >= 15 is 0 Å². The summed E-state index contributed by atoms with van der Waals surface area (Å²) in [5.41, 5.74) is 5.27. The van der Waals surface area contributed by atoms with Gasteiger partial charge in [0.2, 0.25) is 0 Å². The molecule has 84 valence electrons. The van der Waals surface area contributed by atoms with Gasteiger partial charge in [0.15, 0.2) is 0 Å². The van der Waals surface area contributed by atoms with Gasteiger partial charge in [0.05, 0.1) is 12.2 Å². The Morgan fingerprint density at radius 3 is 2.36 bits per heavy atom. The van der Waals surface area contributed by atoms with E-state index in [1.165, 1.54) is 0 Å². The molecule has 4 heteroatoms. The fourth-order valence-corrected chi connectivity index (χ4v) is 0.764. The Labute approximate surface area is 85.8 Å². The Morgan fingerprint density at radius 1 is 1.36 bits per heavy atom. The predicted octanol–water partition coefficient (Wildman–Crippen LogP) is 1.08. The molecule has 0 aliphatic carbocycles. The van der Waals surface area contributed by atoms with Gasteiger partial charge in [-0.15, -0.1) is 0 Å². The van der Waals surface area contributed by atoms with Crippen LogP contribution in [0, 0.1) is 0 Å². The first-order valence-electron chi connectivity index (χ1n) is 4.93. The molecule has 0 heterocycles. The predicted molar refractivity (Wildman–Crippen MR) is 54.9 cm³/mol. The molecule has 0 radical (unpaired) electrons. The summed E-state index contributed by atoms with van der Waals surface area (Å²) in [6.07, 6.45) is 0.596. The van der Waals surface area contributed by atoms with E-state index in [-0.39, 0.29) is 18.2 Å². The standard InChI is InChI=1S/C10H21NO3/c1-5-8(11)9(12)13-6-7-14-10(2,3)4/h8H,5-7,11H2,1-4H3. The van der Waals surface area contributed by atoms with Crippen molar-refractivity contribution >= 4 is 5.97 Å². The van der Waals surface area contributed by atoms with Crippen LogP contribution in [0.4, 0.5) is 0 Å². The molecule has 0 bridgehead atoms. The Balaban J connectivity index is 3.51. The largest absolute Gasteiger partial charge is 0.462 e. The Bertz CT molecular complexity index is 175. The molecule has 4 nitrogen and oxygen atoms in total. The maximum Gasteiger partial charge on any atom is 0.322 e. The smallest absolute Gasteiger partial charge is 0.322 e. The van der Waals surface area contributed by atoms with Crippen LogP contribution in [0.2, 0.25) is 0 Å². The number of esters is 1. The lowest BCUT2D eigenvalue weighted by Gasteiger charge is -2.19. The summed E-state index contributed by atoms with van der Waals surface area (Å²) in [5.74, 6) is -0.356. The Kier molecular flexibility index (Phi) is 5.72. The van der Waals surface area contributed by atoms with E-state index in [0.717, 1.165) is 0 Å². The van der Waals surface area contributed by atoms with Crippen LogP contribution in [0.1, 0.15) is 34.1 Å². The summed E-state index contributed by atoms with van der Waals surface area (Å²) in [6, 6.07) is -0.510. The molecule has 0 rings (SSSR count). The number of carbonyl (C=O) groups is 1. The van der Waals surface area contributed by atoms with Crippen molar-refractivity contribution in [2.24, 2.45) is 5.73 Å². The third-order valence-corrected chi connectivity index (χ3v) is 1.61. The van der Waals surface area contributed by atoms with E-state index in [0.29, 0.717) is 13.0 Å². The van der Waals surface area contributed by atoms with E-state index in [4.69, 9.17) is 15.2 Å². The molecule has 0 spiro atoms. The van der Waals surface area contributed by atoms with Gasteiger partial charge < -0.3 is 15.2 Å². The molecule has 0 aromatic heterocycles. The zero-order valence-electron chi connectivity index (χ0n) is 9.50. The minimum atomic E-state index is -0.510.